The fourth-order valence-electron chi connectivity index (χ4n) is 4.10. The number of rotatable bonds is 7. The number of nitrogens with two attached hydrogens (primary N) is 1. The number of nitrogens with zero attached hydrogens (tertiary/aromatic N) is 3. The second kappa shape index (κ2) is 10.7. The first-order valence-electron chi connectivity index (χ1n) is 11.8. The maximum absolute atomic E-state index is 13.9. The van der Waals surface area contributed by atoms with Crippen molar-refractivity contribution in [1.29, 1.82) is 0 Å². The fraction of sp³-hybridized carbons (Fsp3) is 0.417. The lowest BCUT2D eigenvalue weighted by atomic mass is 10.1. The van der Waals surface area contributed by atoms with Gasteiger partial charge in [0, 0.05) is 25.8 Å². The Morgan fingerprint density at radius 3 is 2.32 bits per heavy atom. The highest BCUT2D eigenvalue weighted by Crippen LogP contribution is 2.36. The highest BCUT2D eigenvalue weighted by atomic mass is 19.4. The molecule has 0 spiro atoms. The van der Waals surface area contributed by atoms with Crippen LogP contribution >= 0.6 is 0 Å². The van der Waals surface area contributed by atoms with E-state index in [0.717, 1.165) is 30.4 Å². The number of aryl methyl sites for hydroxylation is 2. The van der Waals surface area contributed by atoms with Crippen molar-refractivity contribution >= 4 is 28.8 Å². The van der Waals surface area contributed by atoms with Gasteiger partial charge < -0.3 is 26.4 Å². The van der Waals surface area contributed by atoms with Gasteiger partial charge in [0.25, 0.3) is 11.8 Å². The molecule has 0 radical (unpaired) electrons. The highest BCUT2D eigenvalue weighted by Gasteiger charge is 2.39. The van der Waals surface area contributed by atoms with Gasteiger partial charge in [-0.25, -0.2) is 9.97 Å². The number of primary amides is 1. The van der Waals surface area contributed by atoms with Gasteiger partial charge in [-0.3, -0.25) is 14.5 Å². The number of fused-ring (bicyclic) bond motifs is 1. The van der Waals surface area contributed by atoms with Crippen LogP contribution in [0.1, 0.15) is 39.4 Å². The van der Waals surface area contributed by atoms with Gasteiger partial charge in [0.1, 0.15) is 11.4 Å². The molecule has 3 heterocycles. The van der Waals surface area contributed by atoms with Crippen LogP contribution in [0.2, 0.25) is 0 Å². The number of ether oxygens (including phenoxy) is 1. The average Bonchev–Trinajstić information content (AvgIpc) is 3.23. The van der Waals surface area contributed by atoms with Crippen LogP contribution in [-0.4, -0.2) is 66.1 Å². The lowest BCUT2D eigenvalue weighted by Gasteiger charge is -2.26. The molecule has 1 aromatic carbocycles. The number of anilines is 2. The quantitative estimate of drug-likeness (QED) is 0.323. The summed E-state index contributed by atoms with van der Waals surface area (Å²) in [5.41, 5.74) is 6.16. The molecule has 0 aliphatic carbocycles. The van der Waals surface area contributed by atoms with Crippen LogP contribution in [0.25, 0.3) is 5.57 Å². The molecule has 0 unspecified atom stereocenters. The lowest BCUT2D eigenvalue weighted by Crippen LogP contribution is -2.38. The fourth-order valence-corrected chi connectivity index (χ4v) is 4.10. The van der Waals surface area contributed by atoms with Crippen molar-refractivity contribution in [1.82, 2.24) is 20.2 Å². The summed E-state index contributed by atoms with van der Waals surface area (Å²) >= 11 is 0. The van der Waals surface area contributed by atoms with Crippen LogP contribution < -0.4 is 21.7 Å². The summed E-state index contributed by atoms with van der Waals surface area (Å²) in [5, 5.41) is 8.40. The molecule has 1 fully saturated rings. The minimum Gasteiger partial charge on any atom is -0.379 e. The van der Waals surface area contributed by atoms with Gasteiger partial charge in [0.2, 0.25) is 0 Å². The van der Waals surface area contributed by atoms with E-state index in [1.807, 2.05) is 26.0 Å². The van der Waals surface area contributed by atoms with Crippen molar-refractivity contribution in [3.63, 3.8) is 0 Å². The highest BCUT2D eigenvalue weighted by molar-refractivity contribution is 6.20. The van der Waals surface area contributed by atoms with Crippen molar-refractivity contribution in [2.75, 3.05) is 50.0 Å². The van der Waals surface area contributed by atoms with Crippen LogP contribution in [0.15, 0.2) is 24.2 Å². The maximum atomic E-state index is 13.9. The minimum atomic E-state index is -4.97. The number of amides is 2. The normalized spacial score (nSPS) is 15.5. The van der Waals surface area contributed by atoms with E-state index in [0.29, 0.717) is 37.6 Å². The van der Waals surface area contributed by atoms with Crippen molar-refractivity contribution in [3.05, 3.63) is 52.4 Å². The summed E-state index contributed by atoms with van der Waals surface area (Å²) in [7, 11) is 0. The Hall–Kier alpha value is -3.71. The molecule has 198 valence electrons. The number of benzene rings is 1. The molecule has 0 bridgehead atoms. The van der Waals surface area contributed by atoms with Crippen LogP contribution in [-0.2, 0) is 15.7 Å². The maximum Gasteiger partial charge on any atom is 0.434 e. The molecule has 1 saturated heterocycles. The van der Waals surface area contributed by atoms with Crippen LogP contribution in [0.3, 0.4) is 0 Å². The zero-order chi connectivity index (χ0) is 26.7. The minimum absolute atomic E-state index is 0.0564. The number of nitrogens with one attached hydrogen (secondary N) is 3. The number of aromatic nitrogens is 2. The Balaban J connectivity index is 1.56. The molecule has 0 atom stereocenters. The number of alkyl halides is 3. The van der Waals surface area contributed by atoms with Gasteiger partial charge in [0.05, 0.1) is 30.2 Å². The van der Waals surface area contributed by atoms with E-state index >= 15 is 0 Å². The van der Waals surface area contributed by atoms with Gasteiger partial charge in [-0.1, -0.05) is 0 Å². The molecular formula is C24H28F3N7O3. The Bertz CT molecular complexity index is 1210. The Morgan fingerprint density at radius 2 is 1.76 bits per heavy atom. The first-order valence-corrected chi connectivity index (χ1v) is 11.8. The second-order valence-corrected chi connectivity index (χ2v) is 8.86. The van der Waals surface area contributed by atoms with E-state index in [1.165, 1.54) is 0 Å². The molecule has 2 aliphatic rings. The molecular weight excluding hydrogens is 491 g/mol. The molecule has 37 heavy (non-hydrogen) atoms. The van der Waals surface area contributed by atoms with E-state index in [9.17, 15) is 22.8 Å². The van der Waals surface area contributed by atoms with E-state index in [4.69, 9.17) is 10.5 Å². The van der Waals surface area contributed by atoms with Crippen molar-refractivity contribution in [2.45, 2.75) is 26.4 Å². The summed E-state index contributed by atoms with van der Waals surface area (Å²) in [6, 6.07) is 3.66. The first kappa shape index (κ1) is 26.4. The third-order valence-electron chi connectivity index (χ3n) is 6.22. The van der Waals surface area contributed by atoms with E-state index in [1.54, 1.807) is 0 Å². The van der Waals surface area contributed by atoms with Crippen LogP contribution in [0.5, 0.6) is 0 Å². The van der Waals surface area contributed by atoms with Crippen molar-refractivity contribution in [2.24, 2.45) is 5.73 Å². The molecule has 0 saturated carbocycles. The summed E-state index contributed by atoms with van der Waals surface area (Å²) in [4.78, 5) is 34.5. The number of halogens is 3. The van der Waals surface area contributed by atoms with Crippen LogP contribution in [0, 0.1) is 13.8 Å². The third kappa shape index (κ3) is 6.00. The summed E-state index contributed by atoms with van der Waals surface area (Å²) in [5.74, 6) is -2.49. The molecule has 2 aromatic rings. The summed E-state index contributed by atoms with van der Waals surface area (Å²) in [6.07, 6.45) is -3.65. The van der Waals surface area contributed by atoms with Crippen LogP contribution in [0.4, 0.5) is 24.5 Å². The van der Waals surface area contributed by atoms with Gasteiger partial charge in [-0.15, -0.1) is 0 Å². The lowest BCUT2D eigenvalue weighted by molar-refractivity contribution is -0.141. The predicted molar refractivity (Wildman–Crippen MR) is 131 cm³/mol. The number of carbonyl (C=O) groups excluding carboxylic acids is 2. The predicted octanol–water partition coefficient (Wildman–Crippen LogP) is 2.26. The van der Waals surface area contributed by atoms with E-state index < -0.39 is 35.1 Å². The Morgan fingerprint density at radius 1 is 1.14 bits per heavy atom. The van der Waals surface area contributed by atoms with E-state index in [2.05, 4.69) is 30.8 Å². The number of morpholine rings is 1. The van der Waals surface area contributed by atoms with Gasteiger partial charge in [0.15, 0.2) is 11.5 Å². The SMILES string of the molecule is Cc1cc2c(cc1C)NC(=C(C(N)=O)c1ncc(C(=O)NCCCN3CCOCC3)c(C(F)(F)F)n1)N2. The number of carbonyl (C=O) groups is 2. The van der Waals surface area contributed by atoms with Gasteiger partial charge in [-0.05, 0) is 50.1 Å². The van der Waals surface area contributed by atoms with Crippen molar-refractivity contribution < 1.29 is 27.5 Å². The number of hydrogen-bond acceptors (Lipinski definition) is 8. The Labute approximate surface area is 211 Å². The van der Waals surface area contributed by atoms with E-state index in [-0.39, 0.29) is 17.9 Å². The largest absolute Gasteiger partial charge is 0.434 e. The summed E-state index contributed by atoms with van der Waals surface area (Å²) < 4.78 is 47.0. The average molecular weight is 520 g/mol. The molecule has 2 aliphatic heterocycles. The molecule has 1 aromatic heterocycles. The standard InChI is InChI=1S/C24H28F3N7O3/c1-13-10-16-17(11-14(13)2)32-22(31-16)18(20(28)35)21-30-12-15(19(33-21)24(25,26)27)23(36)29-4-3-5-34-6-8-37-9-7-34/h10-12,31-32H,3-9H2,1-2H3,(H2,28,35)(H,29,36). The second-order valence-electron chi connectivity index (χ2n) is 8.86. The van der Waals surface area contributed by atoms with Gasteiger partial charge >= 0.3 is 6.18 Å². The molecule has 5 N–H and O–H groups in total. The topological polar surface area (TPSA) is 134 Å². The molecule has 4 rings (SSSR count). The molecule has 13 heteroatoms. The number of hydrogen-bond donors (Lipinski definition) is 4. The van der Waals surface area contributed by atoms with Gasteiger partial charge in [-0.2, -0.15) is 13.2 Å². The Kier molecular flexibility index (Phi) is 7.64. The smallest absolute Gasteiger partial charge is 0.379 e. The summed E-state index contributed by atoms with van der Waals surface area (Å²) in [6.45, 7) is 7.47. The van der Waals surface area contributed by atoms with Crippen molar-refractivity contribution in [3.8, 4) is 0 Å². The molecule has 2 amide bonds. The molecule has 10 nitrogen and oxygen atoms in total. The zero-order valence-electron chi connectivity index (χ0n) is 20.5. The zero-order valence-corrected chi connectivity index (χ0v) is 20.5. The third-order valence-corrected chi connectivity index (χ3v) is 6.22. The monoisotopic (exact) mass is 519 g/mol. The first-order chi connectivity index (χ1) is 17.5.